The van der Waals surface area contributed by atoms with E-state index in [1.54, 1.807) is 0 Å². The SMILES string of the molecule is C=C(C)c1cc(O)c(O)cc1C. The van der Waals surface area contributed by atoms with Crippen molar-refractivity contribution in [3.8, 4) is 11.5 Å². The molecule has 0 spiro atoms. The van der Waals surface area contributed by atoms with Crippen LogP contribution in [0.5, 0.6) is 11.5 Å². The molecule has 1 aromatic carbocycles. The Bertz CT molecular complexity index is 327. The second-order valence-electron chi connectivity index (χ2n) is 2.94. The van der Waals surface area contributed by atoms with E-state index in [0.29, 0.717) is 0 Å². The highest BCUT2D eigenvalue weighted by atomic mass is 16.3. The topological polar surface area (TPSA) is 40.5 Å². The molecular formula is C10H12O2. The van der Waals surface area contributed by atoms with Crippen molar-refractivity contribution in [3.63, 3.8) is 0 Å². The van der Waals surface area contributed by atoms with Crippen LogP contribution in [0, 0.1) is 6.92 Å². The Morgan fingerprint density at radius 2 is 1.75 bits per heavy atom. The minimum absolute atomic E-state index is 0.0856. The average Bonchev–Trinajstić information content (AvgIpc) is 1.96. The maximum absolute atomic E-state index is 9.18. The Morgan fingerprint density at radius 1 is 1.25 bits per heavy atom. The fourth-order valence-electron chi connectivity index (χ4n) is 1.14. The zero-order valence-corrected chi connectivity index (χ0v) is 7.26. The minimum Gasteiger partial charge on any atom is -0.504 e. The Hall–Kier alpha value is -1.44. The van der Waals surface area contributed by atoms with E-state index in [2.05, 4.69) is 6.58 Å². The minimum atomic E-state index is -0.0985. The van der Waals surface area contributed by atoms with E-state index >= 15 is 0 Å². The fraction of sp³-hybridized carbons (Fsp3) is 0.200. The molecule has 0 saturated heterocycles. The zero-order chi connectivity index (χ0) is 9.30. The summed E-state index contributed by atoms with van der Waals surface area (Å²) in [4.78, 5) is 0. The number of aromatic hydroxyl groups is 2. The lowest BCUT2D eigenvalue weighted by atomic mass is 10.0. The molecule has 2 nitrogen and oxygen atoms in total. The molecule has 0 aromatic heterocycles. The molecule has 1 aromatic rings. The van der Waals surface area contributed by atoms with E-state index in [9.17, 15) is 5.11 Å². The lowest BCUT2D eigenvalue weighted by Crippen LogP contribution is -1.84. The van der Waals surface area contributed by atoms with E-state index in [-0.39, 0.29) is 11.5 Å². The van der Waals surface area contributed by atoms with Gasteiger partial charge >= 0.3 is 0 Å². The molecule has 64 valence electrons. The summed E-state index contributed by atoms with van der Waals surface area (Å²) in [6, 6.07) is 3.05. The highest BCUT2D eigenvalue weighted by Crippen LogP contribution is 2.30. The van der Waals surface area contributed by atoms with Crippen molar-refractivity contribution in [2.24, 2.45) is 0 Å². The lowest BCUT2D eigenvalue weighted by molar-refractivity contribution is 0.403. The van der Waals surface area contributed by atoms with Crippen LogP contribution in [0.4, 0.5) is 0 Å². The third-order valence-electron chi connectivity index (χ3n) is 1.78. The van der Waals surface area contributed by atoms with Crippen molar-refractivity contribution in [1.29, 1.82) is 0 Å². The van der Waals surface area contributed by atoms with Crippen LogP contribution in [0.25, 0.3) is 5.57 Å². The van der Waals surface area contributed by atoms with Crippen LogP contribution in [0.2, 0.25) is 0 Å². The van der Waals surface area contributed by atoms with E-state index in [1.807, 2.05) is 13.8 Å². The summed E-state index contributed by atoms with van der Waals surface area (Å²) >= 11 is 0. The number of benzene rings is 1. The largest absolute Gasteiger partial charge is 0.504 e. The van der Waals surface area contributed by atoms with Gasteiger partial charge in [-0.3, -0.25) is 0 Å². The molecule has 2 heteroatoms. The second kappa shape index (κ2) is 2.89. The number of phenolic OH excluding ortho intramolecular Hbond substituents is 2. The number of allylic oxidation sites excluding steroid dienone is 1. The second-order valence-corrected chi connectivity index (χ2v) is 2.94. The molecule has 0 aliphatic rings. The average molecular weight is 164 g/mol. The third kappa shape index (κ3) is 1.42. The number of aryl methyl sites for hydroxylation is 1. The molecule has 12 heavy (non-hydrogen) atoms. The summed E-state index contributed by atoms with van der Waals surface area (Å²) in [7, 11) is 0. The van der Waals surface area contributed by atoms with Crippen molar-refractivity contribution < 1.29 is 10.2 Å². The van der Waals surface area contributed by atoms with Gasteiger partial charge in [-0.1, -0.05) is 12.2 Å². The van der Waals surface area contributed by atoms with Crippen LogP contribution in [-0.2, 0) is 0 Å². The Labute approximate surface area is 71.8 Å². The van der Waals surface area contributed by atoms with Gasteiger partial charge in [0.1, 0.15) is 0 Å². The summed E-state index contributed by atoms with van der Waals surface area (Å²) in [5.41, 5.74) is 2.67. The Kier molecular flexibility index (Phi) is 2.09. The molecule has 0 amide bonds. The maximum Gasteiger partial charge on any atom is 0.158 e. The molecule has 0 atom stereocenters. The molecule has 0 saturated carbocycles. The third-order valence-corrected chi connectivity index (χ3v) is 1.78. The van der Waals surface area contributed by atoms with E-state index in [1.165, 1.54) is 12.1 Å². The van der Waals surface area contributed by atoms with Crippen LogP contribution in [0.3, 0.4) is 0 Å². The van der Waals surface area contributed by atoms with Gasteiger partial charge in [0, 0.05) is 0 Å². The number of hydrogen-bond acceptors (Lipinski definition) is 2. The molecule has 0 fully saturated rings. The molecule has 0 radical (unpaired) electrons. The maximum atomic E-state index is 9.18. The smallest absolute Gasteiger partial charge is 0.158 e. The molecule has 0 unspecified atom stereocenters. The van der Waals surface area contributed by atoms with Crippen LogP contribution in [-0.4, -0.2) is 10.2 Å². The Balaban J connectivity index is 3.33. The van der Waals surface area contributed by atoms with Crippen molar-refractivity contribution in [1.82, 2.24) is 0 Å². The highest BCUT2D eigenvalue weighted by Gasteiger charge is 2.04. The monoisotopic (exact) mass is 164 g/mol. The Morgan fingerprint density at radius 3 is 2.25 bits per heavy atom. The summed E-state index contributed by atoms with van der Waals surface area (Å²) in [5.74, 6) is -0.184. The van der Waals surface area contributed by atoms with Gasteiger partial charge in [-0.25, -0.2) is 0 Å². The van der Waals surface area contributed by atoms with Crippen molar-refractivity contribution in [3.05, 3.63) is 29.8 Å². The van der Waals surface area contributed by atoms with Gasteiger partial charge in [0.15, 0.2) is 11.5 Å². The highest BCUT2D eigenvalue weighted by molar-refractivity contribution is 5.67. The van der Waals surface area contributed by atoms with Crippen molar-refractivity contribution in [2.45, 2.75) is 13.8 Å². The van der Waals surface area contributed by atoms with Crippen molar-refractivity contribution in [2.75, 3.05) is 0 Å². The predicted octanol–water partition coefficient (Wildman–Crippen LogP) is 2.44. The van der Waals surface area contributed by atoms with Crippen LogP contribution < -0.4 is 0 Å². The van der Waals surface area contributed by atoms with Crippen molar-refractivity contribution >= 4 is 5.57 Å². The van der Waals surface area contributed by atoms with Gasteiger partial charge in [-0.15, -0.1) is 0 Å². The molecule has 0 bridgehead atoms. The summed E-state index contributed by atoms with van der Waals surface area (Å²) in [6.07, 6.45) is 0. The van der Waals surface area contributed by atoms with Gasteiger partial charge in [0.25, 0.3) is 0 Å². The first-order chi connectivity index (χ1) is 5.52. The zero-order valence-electron chi connectivity index (χ0n) is 7.26. The lowest BCUT2D eigenvalue weighted by Gasteiger charge is -2.06. The molecule has 0 heterocycles. The van der Waals surface area contributed by atoms with E-state index in [0.717, 1.165) is 16.7 Å². The molecule has 0 aliphatic heterocycles. The van der Waals surface area contributed by atoms with Gasteiger partial charge in [-0.05, 0) is 37.1 Å². The summed E-state index contributed by atoms with van der Waals surface area (Å²) in [6.45, 7) is 7.49. The van der Waals surface area contributed by atoms with Gasteiger partial charge in [-0.2, -0.15) is 0 Å². The van der Waals surface area contributed by atoms with Crippen LogP contribution in [0.15, 0.2) is 18.7 Å². The number of phenols is 2. The number of hydrogen-bond donors (Lipinski definition) is 2. The van der Waals surface area contributed by atoms with Gasteiger partial charge < -0.3 is 10.2 Å². The molecule has 1 rings (SSSR count). The van der Waals surface area contributed by atoms with E-state index in [4.69, 9.17) is 5.11 Å². The first-order valence-corrected chi connectivity index (χ1v) is 3.71. The first kappa shape index (κ1) is 8.65. The first-order valence-electron chi connectivity index (χ1n) is 3.71. The normalized spacial score (nSPS) is 9.83. The molecule has 0 aliphatic carbocycles. The quantitative estimate of drug-likeness (QED) is 0.626. The van der Waals surface area contributed by atoms with Crippen LogP contribution >= 0.6 is 0 Å². The fourth-order valence-corrected chi connectivity index (χ4v) is 1.14. The predicted molar refractivity (Wildman–Crippen MR) is 49.2 cm³/mol. The molecular weight excluding hydrogens is 152 g/mol. The van der Waals surface area contributed by atoms with Crippen LogP contribution in [0.1, 0.15) is 18.1 Å². The van der Waals surface area contributed by atoms with E-state index < -0.39 is 0 Å². The summed E-state index contributed by atoms with van der Waals surface area (Å²) in [5, 5.41) is 18.3. The standard InChI is InChI=1S/C10H12O2/c1-6(2)8-5-10(12)9(11)4-7(8)3/h4-5,11-12H,1H2,2-3H3. The summed E-state index contributed by atoms with van der Waals surface area (Å²) < 4.78 is 0. The van der Waals surface area contributed by atoms with Gasteiger partial charge in [0.05, 0.1) is 0 Å². The van der Waals surface area contributed by atoms with Gasteiger partial charge in [0.2, 0.25) is 0 Å². The molecule has 2 N–H and O–H groups in total. The number of rotatable bonds is 1.